The average Bonchev–Trinajstić information content (AvgIpc) is 3.18. The van der Waals surface area contributed by atoms with E-state index in [1.807, 2.05) is 26.0 Å². The van der Waals surface area contributed by atoms with Crippen molar-refractivity contribution in [2.45, 2.75) is 154 Å². The Balaban J connectivity index is 1.78. The summed E-state index contributed by atoms with van der Waals surface area (Å²) in [6.07, 6.45) is 5.00. The van der Waals surface area contributed by atoms with E-state index < -0.39 is 83.9 Å². The SMILES string of the molecule is C=CC[C@@H]1/C=C(\C)C[C@H](C)CC(OC)C2O[C@@](O)(C(=O)C(=O)N3CCCC[C@H]3C(=O)O[C@H](/C(C)=C/[C@@H]3CCC(O)[C@H](CO)C3)[C@H](C)[C@@H](O)CC1=O)[C@H](C)C[C@@H]2OC. The van der Waals surface area contributed by atoms with Gasteiger partial charge in [0, 0.05) is 57.5 Å². The van der Waals surface area contributed by atoms with E-state index in [0.29, 0.717) is 56.9 Å². The predicted molar refractivity (Wildman–Crippen MR) is 212 cm³/mol. The molecule has 0 aromatic rings. The maximum Gasteiger partial charge on any atom is 0.329 e. The van der Waals surface area contributed by atoms with Gasteiger partial charge in [-0.3, -0.25) is 14.4 Å². The number of ether oxygens (including phenoxy) is 4. The van der Waals surface area contributed by atoms with Crippen LogP contribution in [0.1, 0.15) is 105 Å². The molecule has 57 heavy (non-hydrogen) atoms. The number of amides is 1. The number of Topliss-reactive ketones (excluding diaryl/α,β-unsaturated/α-hetero) is 2. The second-order valence-electron chi connectivity index (χ2n) is 17.4. The first-order valence-electron chi connectivity index (χ1n) is 21.0. The molecule has 0 aromatic heterocycles. The highest BCUT2D eigenvalue weighted by Crippen LogP contribution is 2.39. The predicted octanol–water partition coefficient (Wildman–Crippen LogP) is 4.23. The third kappa shape index (κ3) is 11.3. The van der Waals surface area contributed by atoms with Gasteiger partial charge < -0.3 is 44.3 Å². The lowest BCUT2D eigenvalue weighted by Crippen LogP contribution is -2.64. The minimum Gasteiger partial charge on any atom is -0.456 e. The highest BCUT2D eigenvalue weighted by Gasteiger charge is 2.56. The highest BCUT2D eigenvalue weighted by atomic mass is 16.7. The number of aliphatic hydroxyl groups is 4. The summed E-state index contributed by atoms with van der Waals surface area (Å²) in [6.45, 7) is 12.9. The normalized spacial score (nSPS) is 41.0. The molecular weight excluding hydrogens is 734 g/mol. The van der Waals surface area contributed by atoms with Gasteiger partial charge in [0.1, 0.15) is 24.0 Å². The van der Waals surface area contributed by atoms with E-state index in [0.717, 1.165) is 5.57 Å². The summed E-state index contributed by atoms with van der Waals surface area (Å²) in [5.74, 6) is -8.19. The standard InChI is InChI=1S/C44H69NO12/c1-9-12-31-18-25(2)17-26(3)19-37(54-7)40-38(55-8)21-28(5)44(53,57-40)41(50)42(51)45-16-11-10-13-33(45)43(52)56-39(29(6)35(48)23-36(31)49)27(4)20-30-14-15-34(47)32(22-30)24-46/h9,18,20,26,28-35,37-40,46-48,53H,1,10-17,19,21-24H2,2-8H3/b25-18+,27-20+/t26-,28+,29+,30-,31+,32-,33-,34?,35-,37?,38-,39+,40?,44+/m0/s1. The van der Waals surface area contributed by atoms with E-state index in [2.05, 4.69) is 6.58 Å². The number of aliphatic hydroxyl groups excluding tert-OH is 3. The molecule has 14 atom stereocenters. The van der Waals surface area contributed by atoms with Gasteiger partial charge in [-0.05, 0) is 95.5 Å². The number of hydrogen-bond donors (Lipinski definition) is 4. The van der Waals surface area contributed by atoms with E-state index in [1.54, 1.807) is 26.8 Å². The van der Waals surface area contributed by atoms with Crippen molar-refractivity contribution in [3.05, 3.63) is 36.0 Å². The molecular formula is C44H69NO12. The number of methoxy groups -OCH3 is 2. The first-order valence-corrected chi connectivity index (χ1v) is 21.0. The lowest BCUT2D eigenvalue weighted by Gasteiger charge is -2.47. The van der Waals surface area contributed by atoms with Gasteiger partial charge >= 0.3 is 5.97 Å². The van der Waals surface area contributed by atoms with Crippen LogP contribution in [-0.2, 0) is 38.1 Å². The van der Waals surface area contributed by atoms with Crippen LogP contribution in [0, 0.1) is 35.5 Å². The Morgan fingerprint density at radius 3 is 2.32 bits per heavy atom. The zero-order valence-corrected chi connectivity index (χ0v) is 35.1. The summed E-state index contributed by atoms with van der Waals surface area (Å²) in [4.78, 5) is 57.8. The smallest absolute Gasteiger partial charge is 0.329 e. The number of carbonyl (C=O) groups excluding carboxylic acids is 4. The first-order chi connectivity index (χ1) is 27.0. The van der Waals surface area contributed by atoms with E-state index in [1.165, 1.54) is 19.1 Å². The minimum atomic E-state index is -2.52. The van der Waals surface area contributed by atoms with Crippen LogP contribution < -0.4 is 0 Å². The topological polar surface area (TPSA) is 189 Å². The third-order valence-electron chi connectivity index (χ3n) is 13.0. The maximum absolute atomic E-state index is 14.3. The molecule has 2 saturated heterocycles. The number of esters is 1. The molecule has 3 aliphatic heterocycles. The van der Waals surface area contributed by atoms with Gasteiger partial charge in [-0.25, -0.2) is 4.79 Å². The number of cyclic esters (lactones) is 1. The van der Waals surface area contributed by atoms with Crippen molar-refractivity contribution in [3.8, 4) is 0 Å². The van der Waals surface area contributed by atoms with Crippen LogP contribution in [0.4, 0.5) is 0 Å². The van der Waals surface area contributed by atoms with Crippen LogP contribution in [0.3, 0.4) is 0 Å². The van der Waals surface area contributed by atoms with Crippen molar-refractivity contribution in [1.82, 2.24) is 4.90 Å². The average molecular weight is 804 g/mol. The molecule has 1 saturated carbocycles. The van der Waals surface area contributed by atoms with Crippen molar-refractivity contribution < 1.29 is 58.6 Å². The molecule has 4 rings (SSSR count). The number of hydrogen-bond acceptors (Lipinski definition) is 12. The monoisotopic (exact) mass is 803 g/mol. The van der Waals surface area contributed by atoms with Crippen molar-refractivity contribution in [3.63, 3.8) is 0 Å². The maximum atomic E-state index is 14.3. The van der Waals surface area contributed by atoms with Gasteiger partial charge in [-0.15, -0.1) is 6.58 Å². The molecule has 322 valence electrons. The largest absolute Gasteiger partial charge is 0.456 e. The van der Waals surface area contributed by atoms with E-state index in [9.17, 15) is 39.6 Å². The molecule has 3 heterocycles. The van der Waals surface area contributed by atoms with Gasteiger partial charge in [0.15, 0.2) is 0 Å². The van der Waals surface area contributed by atoms with Gasteiger partial charge in [0.2, 0.25) is 5.79 Å². The Labute approximate surface area is 338 Å². The molecule has 0 spiro atoms. The number of allylic oxidation sites excluding steroid dienone is 4. The summed E-state index contributed by atoms with van der Waals surface area (Å²) >= 11 is 0. The van der Waals surface area contributed by atoms with Crippen LogP contribution >= 0.6 is 0 Å². The Hall–Kier alpha value is -2.78. The van der Waals surface area contributed by atoms with E-state index in [-0.39, 0.29) is 56.0 Å². The van der Waals surface area contributed by atoms with E-state index in [4.69, 9.17) is 18.9 Å². The Morgan fingerprint density at radius 1 is 0.982 bits per heavy atom. The molecule has 0 radical (unpaired) electrons. The second kappa shape index (κ2) is 21.0. The van der Waals surface area contributed by atoms with Gasteiger partial charge in [0.05, 0.1) is 24.4 Å². The van der Waals surface area contributed by atoms with Gasteiger partial charge in [-0.1, -0.05) is 44.6 Å². The van der Waals surface area contributed by atoms with E-state index >= 15 is 0 Å². The number of carbonyl (C=O) groups is 4. The summed E-state index contributed by atoms with van der Waals surface area (Å²) in [7, 11) is 3.04. The molecule has 13 nitrogen and oxygen atoms in total. The number of nitrogens with zero attached hydrogens (tertiary/aromatic N) is 1. The van der Waals surface area contributed by atoms with Crippen LogP contribution in [0.2, 0.25) is 0 Å². The quantitative estimate of drug-likeness (QED) is 0.163. The summed E-state index contributed by atoms with van der Waals surface area (Å²) < 4.78 is 24.2. The molecule has 13 heteroatoms. The van der Waals surface area contributed by atoms with Crippen molar-refractivity contribution in [2.24, 2.45) is 35.5 Å². The summed E-state index contributed by atoms with van der Waals surface area (Å²) in [5.41, 5.74) is 1.58. The molecule has 3 fully saturated rings. The van der Waals surface area contributed by atoms with Crippen LogP contribution in [0.25, 0.3) is 0 Å². The minimum absolute atomic E-state index is 0.00385. The highest BCUT2D eigenvalue weighted by molar-refractivity contribution is 6.39. The zero-order chi connectivity index (χ0) is 42.2. The zero-order valence-electron chi connectivity index (χ0n) is 35.1. The van der Waals surface area contributed by atoms with Crippen molar-refractivity contribution in [2.75, 3.05) is 27.4 Å². The Bertz CT molecular complexity index is 1480. The van der Waals surface area contributed by atoms with Crippen LogP contribution in [0.15, 0.2) is 36.0 Å². The summed E-state index contributed by atoms with van der Waals surface area (Å²) in [5, 5.41) is 44.0. The summed E-state index contributed by atoms with van der Waals surface area (Å²) in [6, 6.07) is -1.16. The van der Waals surface area contributed by atoms with Crippen molar-refractivity contribution >= 4 is 23.4 Å². The van der Waals surface area contributed by atoms with Crippen molar-refractivity contribution in [1.29, 1.82) is 0 Å². The number of ketones is 2. The number of rotatable bonds is 7. The Morgan fingerprint density at radius 2 is 1.67 bits per heavy atom. The second-order valence-corrected chi connectivity index (χ2v) is 17.4. The number of piperidine rings is 1. The molecule has 1 amide bonds. The fraction of sp³-hybridized carbons (Fsp3) is 0.773. The molecule has 2 bridgehead atoms. The molecule has 1 aliphatic carbocycles. The van der Waals surface area contributed by atoms with Gasteiger partial charge in [0.25, 0.3) is 11.7 Å². The molecule has 4 N–H and O–H groups in total. The molecule has 4 aliphatic rings. The van der Waals surface area contributed by atoms with Gasteiger partial charge in [-0.2, -0.15) is 0 Å². The van der Waals surface area contributed by atoms with Crippen LogP contribution in [0.5, 0.6) is 0 Å². The van der Waals surface area contributed by atoms with Crippen LogP contribution in [-0.4, -0.2) is 125 Å². The third-order valence-corrected chi connectivity index (χ3v) is 13.0. The first kappa shape index (κ1) is 46.9. The lowest BCUT2D eigenvalue weighted by molar-refractivity contribution is -0.302. The Kier molecular flexibility index (Phi) is 17.2. The molecule has 3 unspecified atom stereocenters. The number of fused-ring (bicyclic) bond motifs is 3. The molecule has 0 aromatic carbocycles. The fourth-order valence-electron chi connectivity index (χ4n) is 9.51. The fourth-order valence-corrected chi connectivity index (χ4v) is 9.51. The lowest BCUT2D eigenvalue weighted by atomic mass is 9.78.